The summed E-state index contributed by atoms with van der Waals surface area (Å²) in [6, 6.07) is -1.53. The molecule has 10 heteroatoms. The van der Waals surface area contributed by atoms with Crippen LogP contribution < -0.4 is 16.4 Å². The van der Waals surface area contributed by atoms with Gasteiger partial charge in [-0.3, -0.25) is 9.59 Å². The van der Waals surface area contributed by atoms with E-state index in [1.54, 1.807) is 0 Å². The number of nitrogens with two attached hydrogens (primary N) is 1. The number of carbonyl (C=O) groups is 3. The Labute approximate surface area is 119 Å². The van der Waals surface area contributed by atoms with Crippen LogP contribution >= 0.6 is 0 Å². The number of rotatable bonds is 6. The summed E-state index contributed by atoms with van der Waals surface area (Å²) in [6.45, 7) is 0.828. The first-order valence-corrected chi connectivity index (χ1v) is 6.36. The molecule has 1 aromatic rings. The van der Waals surface area contributed by atoms with Crippen molar-refractivity contribution >= 4 is 17.8 Å². The van der Waals surface area contributed by atoms with Crippen molar-refractivity contribution in [3.05, 3.63) is 11.7 Å². The van der Waals surface area contributed by atoms with E-state index in [1.165, 1.54) is 0 Å². The summed E-state index contributed by atoms with van der Waals surface area (Å²) in [5.74, 6) is -3.06. The molecule has 0 bridgehead atoms. The smallest absolute Gasteiger partial charge is 0.326 e. The number of carboxylic acid groups (broad SMARTS) is 1. The third kappa shape index (κ3) is 3.75. The van der Waals surface area contributed by atoms with E-state index in [0.717, 1.165) is 19.4 Å². The van der Waals surface area contributed by atoms with Crippen molar-refractivity contribution in [2.24, 2.45) is 5.73 Å². The van der Waals surface area contributed by atoms with Gasteiger partial charge in [-0.1, -0.05) is 5.16 Å². The summed E-state index contributed by atoms with van der Waals surface area (Å²) in [6.07, 6.45) is 1.27. The normalized spacial score (nSPS) is 19.1. The maximum atomic E-state index is 11.8. The van der Waals surface area contributed by atoms with Crippen molar-refractivity contribution in [1.82, 2.24) is 20.8 Å². The lowest BCUT2D eigenvalue weighted by Gasteiger charge is -2.10. The molecule has 2 unspecified atom stereocenters. The molecular formula is C11H15N5O5. The molecule has 2 atom stereocenters. The van der Waals surface area contributed by atoms with Crippen molar-refractivity contribution in [1.29, 1.82) is 0 Å². The molecule has 0 spiro atoms. The first kappa shape index (κ1) is 14.9. The van der Waals surface area contributed by atoms with Crippen LogP contribution in [0.25, 0.3) is 0 Å². The second-order valence-corrected chi connectivity index (χ2v) is 4.64. The minimum Gasteiger partial charge on any atom is -0.480 e. The summed E-state index contributed by atoms with van der Waals surface area (Å²) in [5, 5.41) is 17.7. The Balaban J connectivity index is 2.01. The van der Waals surface area contributed by atoms with Crippen LogP contribution in [0.5, 0.6) is 0 Å². The highest BCUT2D eigenvalue weighted by Gasteiger charge is 2.27. The summed E-state index contributed by atoms with van der Waals surface area (Å²) < 4.78 is 4.97. The Morgan fingerprint density at radius 2 is 2.29 bits per heavy atom. The van der Waals surface area contributed by atoms with Crippen LogP contribution in [-0.2, 0) is 9.59 Å². The van der Waals surface area contributed by atoms with E-state index in [2.05, 4.69) is 20.8 Å². The van der Waals surface area contributed by atoms with Gasteiger partial charge in [0.15, 0.2) is 0 Å². The molecule has 1 fully saturated rings. The van der Waals surface area contributed by atoms with Crippen LogP contribution in [0.2, 0.25) is 0 Å². The molecule has 0 aliphatic carbocycles. The molecule has 0 radical (unpaired) electrons. The number of nitrogens with one attached hydrogen (secondary N) is 2. The van der Waals surface area contributed by atoms with Gasteiger partial charge in [-0.25, -0.2) is 4.79 Å². The fourth-order valence-corrected chi connectivity index (χ4v) is 1.99. The average molecular weight is 297 g/mol. The number of carbonyl (C=O) groups excluding carboxylic acids is 2. The average Bonchev–Trinajstić information content (AvgIpc) is 3.08. The molecule has 2 rings (SSSR count). The number of aliphatic carboxylic acids is 1. The highest BCUT2D eigenvalue weighted by molar-refractivity contribution is 5.94. The van der Waals surface area contributed by atoms with Crippen molar-refractivity contribution in [3.63, 3.8) is 0 Å². The molecule has 2 amide bonds. The minimum absolute atomic E-state index is 0.0973. The second kappa shape index (κ2) is 6.31. The fourth-order valence-electron chi connectivity index (χ4n) is 1.99. The van der Waals surface area contributed by atoms with Gasteiger partial charge in [0.05, 0.1) is 12.5 Å². The number of hydrogen-bond acceptors (Lipinski definition) is 7. The second-order valence-electron chi connectivity index (χ2n) is 4.64. The summed E-state index contributed by atoms with van der Waals surface area (Å²) in [5.41, 5.74) is 4.92. The topological polar surface area (TPSA) is 160 Å². The maximum absolute atomic E-state index is 11.8. The lowest BCUT2D eigenvalue weighted by atomic mass is 10.2. The molecule has 1 aromatic heterocycles. The maximum Gasteiger partial charge on any atom is 0.326 e. The SMILES string of the molecule is NC(=O)CC(NC(=O)c1noc(C2CCCN2)n1)C(=O)O. The van der Waals surface area contributed by atoms with Crippen molar-refractivity contribution in [2.45, 2.75) is 31.3 Å². The van der Waals surface area contributed by atoms with E-state index in [9.17, 15) is 14.4 Å². The monoisotopic (exact) mass is 297 g/mol. The first-order chi connectivity index (χ1) is 9.97. The molecule has 1 aliphatic heterocycles. The lowest BCUT2D eigenvalue weighted by molar-refractivity contribution is -0.140. The highest BCUT2D eigenvalue weighted by atomic mass is 16.5. The van der Waals surface area contributed by atoms with Crippen LogP contribution in [0.3, 0.4) is 0 Å². The predicted octanol–water partition coefficient (Wildman–Crippen LogP) is -1.45. The molecule has 0 aromatic carbocycles. The van der Waals surface area contributed by atoms with Crippen LogP contribution in [-0.4, -0.2) is 45.6 Å². The zero-order valence-electron chi connectivity index (χ0n) is 11.0. The molecule has 114 valence electrons. The Morgan fingerprint density at radius 1 is 1.52 bits per heavy atom. The predicted molar refractivity (Wildman–Crippen MR) is 67.0 cm³/mol. The third-order valence-corrected chi connectivity index (χ3v) is 3.01. The van der Waals surface area contributed by atoms with Gasteiger partial charge < -0.3 is 26.0 Å². The van der Waals surface area contributed by atoms with Gasteiger partial charge in [-0.05, 0) is 19.4 Å². The highest BCUT2D eigenvalue weighted by Crippen LogP contribution is 2.20. The molecule has 5 N–H and O–H groups in total. The minimum atomic E-state index is -1.43. The van der Waals surface area contributed by atoms with Crippen LogP contribution in [0.4, 0.5) is 0 Å². The molecule has 1 saturated heterocycles. The molecule has 2 heterocycles. The number of carboxylic acids is 1. The van der Waals surface area contributed by atoms with E-state index in [-0.39, 0.29) is 17.8 Å². The van der Waals surface area contributed by atoms with Gasteiger partial charge in [0.2, 0.25) is 11.8 Å². The summed E-state index contributed by atoms with van der Waals surface area (Å²) in [4.78, 5) is 37.4. The number of amides is 2. The lowest BCUT2D eigenvalue weighted by Crippen LogP contribution is -2.43. The van der Waals surface area contributed by atoms with Crippen molar-refractivity contribution < 1.29 is 24.0 Å². The van der Waals surface area contributed by atoms with Crippen LogP contribution in [0.15, 0.2) is 4.52 Å². The quantitative estimate of drug-likeness (QED) is 0.496. The van der Waals surface area contributed by atoms with Gasteiger partial charge >= 0.3 is 5.97 Å². The Kier molecular flexibility index (Phi) is 4.48. The number of aromatic nitrogens is 2. The number of nitrogens with zero attached hydrogens (tertiary/aromatic N) is 2. The van der Waals surface area contributed by atoms with Gasteiger partial charge in [0, 0.05) is 0 Å². The summed E-state index contributed by atoms with van der Waals surface area (Å²) in [7, 11) is 0. The fraction of sp³-hybridized carbons (Fsp3) is 0.545. The van der Waals surface area contributed by atoms with E-state index < -0.39 is 30.2 Å². The van der Waals surface area contributed by atoms with Crippen molar-refractivity contribution in [2.75, 3.05) is 6.54 Å². The van der Waals surface area contributed by atoms with E-state index in [0.29, 0.717) is 0 Å². The van der Waals surface area contributed by atoms with E-state index in [4.69, 9.17) is 15.4 Å². The Hall–Kier alpha value is -2.49. The Morgan fingerprint density at radius 3 is 2.86 bits per heavy atom. The van der Waals surface area contributed by atoms with E-state index >= 15 is 0 Å². The molecule has 0 saturated carbocycles. The van der Waals surface area contributed by atoms with Gasteiger partial charge in [-0.15, -0.1) is 0 Å². The largest absolute Gasteiger partial charge is 0.480 e. The zero-order valence-corrected chi connectivity index (χ0v) is 11.0. The number of primary amides is 1. The van der Waals surface area contributed by atoms with Crippen LogP contribution in [0, 0.1) is 0 Å². The molecule has 1 aliphatic rings. The number of hydrogen-bond donors (Lipinski definition) is 4. The molecule has 21 heavy (non-hydrogen) atoms. The van der Waals surface area contributed by atoms with Crippen molar-refractivity contribution in [3.8, 4) is 0 Å². The van der Waals surface area contributed by atoms with Gasteiger partial charge in [-0.2, -0.15) is 4.98 Å². The van der Waals surface area contributed by atoms with E-state index in [1.807, 2.05) is 0 Å². The third-order valence-electron chi connectivity index (χ3n) is 3.01. The van der Waals surface area contributed by atoms with Gasteiger partial charge in [0.1, 0.15) is 6.04 Å². The Bertz CT molecular complexity index is 551. The van der Waals surface area contributed by atoms with Crippen LogP contribution in [0.1, 0.15) is 41.8 Å². The molecular weight excluding hydrogens is 282 g/mol. The van der Waals surface area contributed by atoms with Gasteiger partial charge in [0.25, 0.3) is 11.7 Å². The molecule has 10 nitrogen and oxygen atoms in total. The first-order valence-electron chi connectivity index (χ1n) is 6.36. The standard InChI is InChI=1S/C11H15N5O5/c12-7(17)4-6(11(19)20)14-9(18)8-15-10(21-16-8)5-2-1-3-13-5/h5-6,13H,1-4H2,(H2,12,17)(H,14,18)(H,19,20). The summed E-state index contributed by atoms with van der Waals surface area (Å²) >= 11 is 0. The zero-order chi connectivity index (χ0) is 15.4.